The molecule has 0 spiro atoms. The molecule has 138 valence electrons. The van der Waals surface area contributed by atoms with Crippen LogP contribution in [0.4, 0.5) is 11.4 Å². The molecule has 0 saturated carbocycles. The first-order valence-electron chi connectivity index (χ1n) is 9.84. The Morgan fingerprint density at radius 1 is 1.15 bits per heavy atom. The Morgan fingerprint density at radius 3 is 2.50 bits per heavy atom. The molecule has 2 aromatic carbocycles. The highest BCUT2D eigenvalue weighted by Gasteiger charge is 2.36. The van der Waals surface area contributed by atoms with Gasteiger partial charge in [0, 0.05) is 24.0 Å². The van der Waals surface area contributed by atoms with Gasteiger partial charge in [0.05, 0.1) is 5.69 Å². The molecule has 1 aliphatic heterocycles. The highest BCUT2D eigenvalue weighted by Crippen LogP contribution is 2.44. The number of hydrogen-bond acceptors (Lipinski definition) is 2. The number of aryl methyl sites for hydroxylation is 2. The monoisotopic (exact) mass is 348 g/mol. The van der Waals surface area contributed by atoms with Crippen molar-refractivity contribution < 1.29 is 0 Å². The largest absolute Gasteiger partial charge is 0.366 e. The van der Waals surface area contributed by atoms with Gasteiger partial charge < -0.3 is 4.90 Å². The van der Waals surface area contributed by atoms with Gasteiger partial charge in [0.1, 0.15) is 0 Å². The molecule has 2 heteroatoms. The van der Waals surface area contributed by atoms with Gasteiger partial charge in [0.2, 0.25) is 0 Å². The average Bonchev–Trinajstić information content (AvgIpc) is 2.58. The van der Waals surface area contributed by atoms with E-state index in [0.717, 1.165) is 12.2 Å². The molecular weight excluding hydrogens is 316 g/mol. The van der Waals surface area contributed by atoms with Gasteiger partial charge in [-0.1, -0.05) is 31.5 Å². The number of benzene rings is 2. The summed E-state index contributed by atoms with van der Waals surface area (Å²) in [7, 11) is 0. The molecule has 1 atom stereocenters. The summed E-state index contributed by atoms with van der Waals surface area (Å²) in [5, 5.41) is 0. The fraction of sp³-hybridized carbons (Fsp3) is 0.458. The minimum absolute atomic E-state index is 0.215. The summed E-state index contributed by atoms with van der Waals surface area (Å²) >= 11 is 0. The normalized spacial score (nSPS) is 19.0. The van der Waals surface area contributed by atoms with Crippen LogP contribution in [0.15, 0.2) is 41.4 Å². The molecular formula is C24H32N2. The maximum atomic E-state index is 4.70. The van der Waals surface area contributed by atoms with Gasteiger partial charge in [0.15, 0.2) is 0 Å². The zero-order valence-corrected chi connectivity index (χ0v) is 17.1. The quantitative estimate of drug-likeness (QED) is 0.572. The molecule has 0 bridgehead atoms. The van der Waals surface area contributed by atoms with E-state index < -0.39 is 0 Å². The lowest BCUT2D eigenvalue weighted by atomic mass is 9.79. The van der Waals surface area contributed by atoms with Crippen molar-refractivity contribution in [3.8, 4) is 0 Å². The molecule has 0 amide bonds. The van der Waals surface area contributed by atoms with Crippen molar-refractivity contribution in [2.75, 3.05) is 11.4 Å². The van der Waals surface area contributed by atoms with Crippen molar-refractivity contribution >= 4 is 17.6 Å². The van der Waals surface area contributed by atoms with Crippen LogP contribution in [0, 0.1) is 13.8 Å². The molecule has 1 aliphatic rings. The Hall–Kier alpha value is -2.09. The Bertz CT molecular complexity index is 800. The topological polar surface area (TPSA) is 15.6 Å². The predicted octanol–water partition coefficient (Wildman–Crippen LogP) is 6.56. The van der Waals surface area contributed by atoms with E-state index in [-0.39, 0.29) is 5.54 Å². The molecule has 2 nitrogen and oxygen atoms in total. The van der Waals surface area contributed by atoms with E-state index in [4.69, 9.17) is 4.99 Å². The molecule has 0 saturated heterocycles. The Labute approximate surface area is 159 Å². The molecule has 2 aromatic rings. The van der Waals surface area contributed by atoms with Crippen LogP contribution in [0.2, 0.25) is 0 Å². The van der Waals surface area contributed by atoms with E-state index in [2.05, 4.69) is 82.8 Å². The van der Waals surface area contributed by atoms with Crippen LogP contribution in [-0.4, -0.2) is 18.3 Å². The summed E-state index contributed by atoms with van der Waals surface area (Å²) in [6.07, 6.45) is 4.39. The third-order valence-electron chi connectivity index (χ3n) is 5.61. The van der Waals surface area contributed by atoms with Crippen molar-refractivity contribution in [1.29, 1.82) is 0 Å². The van der Waals surface area contributed by atoms with E-state index in [1.807, 2.05) is 6.21 Å². The lowest BCUT2D eigenvalue weighted by Crippen LogP contribution is -2.48. The van der Waals surface area contributed by atoms with E-state index in [0.29, 0.717) is 5.92 Å². The van der Waals surface area contributed by atoms with Crippen LogP contribution in [0.3, 0.4) is 0 Å². The molecule has 0 fully saturated rings. The van der Waals surface area contributed by atoms with Crippen LogP contribution in [0.25, 0.3) is 0 Å². The van der Waals surface area contributed by atoms with Crippen molar-refractivity contribution in [2.24, 2.45) is 4.99 Å². The van der Waals surface area contributed by atoms with Gasteiger partial charge in [-0.2, -0.15) is 0 Å². The number of anilines is 1. The molecule has 3 rings (SSSR count). The highest BCUT2D eigenvalue weighted by molar-refractivity contribution is 5.86. The van der Waals surface area contributed by atoms with Gasteiger partial charge in [0.25, 0.3) is 0 Å². The maximum Gasteiger partial charge on any atom is 0.0630 e. The average molecular weight is 349 g/mol. The number of rotatable bonds is 4. The third-order valence-corrected chi connectivity index (χ3v) is 5.61. The lowest BCUT2D eigenvalue weighted by molar-refractivity contribution is 0.376. The first kappa shape index (κ1) is 18.7. The fourth-order valence-corrected chi connectivity index (χ4v) is 4.21. The Morgan fingerprint density at radius 2 is 1.85 bits per heavy atom. The van der Waals surface area contributed by atoms with Crippen LogP contribution in [0.5, 0.6) is 0 Å². The van der Waals surface area contributed by atoms with Crippen molar-refractivity contribution in [3.05, 3.63) is 58.7 Å². The van der Waals surface area contributed by atoms with Crippen LogP contribution in [0.1, 0.15) is 68.7 Å². The summed E-state index contributed by atoms with van der Waals surface area (Å²) in [6.45, 7) is 14.8. The summed E-state index contributed by atoms with van der Waals surface area (Å²) in [6, 6.07) is 13.1. The number of fused-ring (bicyclic) bond motifs is 1. The molecule has 0 aromatic heterocycles. The Kier molecular flexibility index (Phi) is 5.22. The van der Waals surface area contributed by atoms with Gasteiger partial charge >= 0.3 is 0 Å². The second kappa shape index (κ2) is 7.26. The van der Waals surface area contributed by atoms with Crippen LogP contribution in [-0.2, 0) is 0 Å². The zero-order chi connectivity index (χ0) is 18.9. The van der Waals surface area contributed by atoms with E-state index >= 15 is 0 Å². The van der Waals surface area contributed by atoms with Gasteiger partial charge in [-0.05, 0) is 87.4 Å². The first-order chi connectivity index (χ1) is 12.3. The second-order valence-electron chi connectivity index (χ2n) is 8.43. The number of aliphatic imine (C=N–C) groups is 1. The first-order valence-corrected chi connectivity index (χ1v) is 9.84. The van der Waals surface area contributed by atoms with Gasteiger partial charge in [-0.25, -0.2) is 0 Å². The smallest absolute Gasteiger partial charge is 0.0630 e. The van der Waals surface area contributed by atoms with Crippen LogP contribution >= 0.6 is 0 Å². The van der Waals surface area contributed by atoms with E-state index in [9.17, 15) is 0 Å². The Balaban J connectivity index is 1.98. The van der Waals surface area contributed by atoms with Crippen molar-refractivity contribution in [2.45, 2.75) is 65.8 Å². The van der Waals surface area contributed by atoms with Crippen LogP contribution < -0.4 is 4.90 Å². The third kappa shape index (κ3) is 3.70. The summed E-state index contributed by atoms with van der Waals surface area (Å²) in [4.78, 5) is 7.31. The second-order valence-corrected chi connectivity index (χ2v) is 8.43. The molecule has 0 aliphatic carbocycles. The minimum Gasteiger partial charge on any atom is -0.366 e. The van der Waals surface area contributed by atoms with Crippen molar-refractivity contribution in [1.82, 2.24) is 0 Å². The number of hydrogen-bond donors (Lipinski definition) is 0. The lowest BCUT2D eigenvalue weighted by Gasteiger charge is -2.48. The fourth-order valence-electron chi connectivity index (χ4n) is 4.21. The molecule has 1 unspecified atom stereocenters. The SMILES string of the molecule is CCCN1c2cc(C)c(C=Nc3ccc(C)cc3)cc2C(C)CC1(C)C. The number of nitrogens with zero attached hydrogens (tertiary/aromatic N) is 2. The van der Waals surface area contributed by atoms with Crippen molar-refractivity contribution in [3.63, 3.8) is 0 Å². The van der Waals surface area contributed by atoms with Gasteiger partial charge in [-0.15, -0.1) is 0 Å². The minimum atomic E-state index is 0.215. The standard InChI is InChI=1S/C24H32N2/c1-7-12-26-23-13-18(3)20(14-22(23)19(4)15-24(26,5)6)16-25-21-10-8-17(2)9-11-21/h8-11,13-14,16,19H,7,12,15H2,1-6H3. The molecule has 1 heterocycles. The zero-order valence-electron chi connectivity index (χ0n) is 17.1. The highest BCUT2D eigenvalue weighted by atomic mass is 15.2. The summed E-state index contributed by atoms with van der Waals surface area (Å²) in [5.41, 5.74) is 7.90. The summed E-state index contributed by atoms with van der Waals surface area (Å²) < 4.78 is 0. The predicted molar refractivity (Wildman–Crippen MR) is 114 cm³/mol. The molecule has 0 N–H and O–H groups in total. The molecule has 0 radical (unpaired) electrons. The molecule has 26 heavy (non-hydrogen) atoms. The maximum absolute atomic E-state index is 4.70. The van der Waals surface area contributed by atoms with E-state index in [1.165, 1.54) is 40.8 Å². The van der Waals surface area contributed by atoms with E-state index in [1.54, 1.807) is 0 Å². The summed E-state index contributed by atoms with van der Waals surface area (Å²) in [5.74, 6) is 0.570. The van der Waals surface area contributed by atoms with Gasteiger partial charge in [-0.3, -0.25) is 4.99 Å².